The van der Waals surface area contributed by atoms with Crippen LogP contribution >= 0.6 is 11.8 Å². The average Bonchev–Trinajstić information content (AvgIpc) is 2.98. The third-order valence-electron chi connectivity index (χ3n) is 2.57. The normalized spacial score (nSPS) is 11.3. The van der Waals surface area contributed by atoms with Crippen LogP contribution in [0.25, 0.3) is 5.69 Å². The second-order valence-electron chi connectivity index (χ2n) is 4.23. The summed E-state index contributed by atoms with van der Waals surface area (Å²) in [5, 5.41) is 13.1. The van der Waals surface area contributed by atoms with Crippen molar-refractivity contribution in [3.8, 4) is 11.4 Å². The van der Waals surface area contributed by atoms with E-state index >= 15 is 0 Å². The molecule has 0 aliphatic rings. The minimum absolute atomic E-state index is 0.244. The van der Waals surface area contributed by atoms with Crippen LogP contribution < -0.4 is 10.1 Å². The highest BCUT2D eigenvalue weighted by Gasteiger charge is 2.27. The number of nitrogens with one attached hydrogen (secondary N) is 1. The summed E-state index contributed by atoms with van der Waals surface area (Å²) in [5.41, 5.74) is 0.554. The van der Waals surface area contributed by atoms with Crippen LogP contribution in [-0.2, 0) is 4.79 Å². The highest BCUT2D eigenvalue weighted by atomic mass is 32.2. The van der Waals surface area contributed by atoms with Gasteiger partial charge in [0.05, 0.1) is 12.9 Å². The summed E-state index contributed by atoms with van der Waals surface area (Å²) in [6.45, 7) is -1.37. The Balaban J connectivity index is 2.03. The summed E-state index contributed by atoms with van der Waals surface area (Å²) < 4.78 is 42.6. The van der Waals surface area contributed by atoms with Crippen molar-refractivity contribution in [2.45, 2.75) is 11.3 Å². The molecule has 0 fully saturated rings. The number of hydrogen-bond donors (Lipinski definition) is 1. The molecule has 0 atom stereocenters. The van der Waals surface area contributed by atoms with Gasteiger partial charge in [0.15, 0.2) is 0 Å². The minimum atomic E-state index is -4.45. The van der Waals surface area contributed by atoms with Crippen LogP contribution in [0, 0.1) is 0 Å². The van der Waals surface area contributed by atoms with Gasteiger partial charge in [-0.05, 0) is 22.6 Å². The fourth-order valence-corrected chi connectivity index (χ4v) is 2.32. The number of para-hydroxylation sites is 2. The van der Waals surface area contributed by atoms with Crippen LogP contribution in [-0.4, -0.2) is 51.7 Å². The van der Waals surface area contributed by atoms with Gasteiger partial charge in [0, 0.05) is 0 Å². The Morgan fingerprint density at radius 1 is 1.39 bits per heavy atom. The number of nitrogens with zero attached hydrogens (tertiary/aromatic N) is 4. The van der Waals surface area contributed by atoms with E-state index in [-0.39, 0.29) is 10.9 Å². The van der Waals surface area contributed by atoms with E-state index in [0.717, 1.165) is 11.8 Å². The van der Waals surface area contributed by atoms with E-state index in [1.807, 2.05) is 0 Å². The van der Waals surface area contributed by atoms with E-state index in [1.54, 1.807) is 29.6 Å². The summed E-state index contributed by atoms with van der Waals surface area (Å²) in [6, 6.07) is 6.94. The van der Waals surface area contributed by atoms with Crippen molar-refractivity contribution in [1.29, 1.82) is 0 Å². The molecule has 0 spiro atoms. The van der Waals surface area contributed by atoms with Gasteiger partial charge in [0.2, 0.25) is 11.1 Å². The predicted octanol–water partition coefficient (Wildman–Crippen LogP) is 1.44. The van der Waals surface area contributed by atoms with Crippen molar-refractivity contribution in [2.75, 3.05) is 19.4 Å². The van der Waals surface area contributed by atoms with E-state index in [1.165, 1.54) is 11.8 Å². The van der Waals surface area contributed by atoms with Crippen molar-refractivity contribution in [3.05, 3.63) is 24.3 Å². The first kappa shape index (κ1) is 17.1. The number of ether oxygens (including phenoxy) is 1. The monoisotopic (exact) mass is 347 g/mol. The Bertz CT molecular complexity index is 677. The largest absolute Gasteiger partial charge is 0.494 e. The zero-order valence-corrected chi connectivity index (χ0v) is 12.7. The fraction of sp³-hybridized carbons (Fsp3) is 0.333. The Morgan fingerprint density at radius 3 is 2.83 bits per heavy atom. The molecule has 0 unspecified atom stereocenters. The molecule has 0 bridgehead atoms. The molecular formula is C12H12F3N5O2S. The van der Waals surface area contributed by atoms with Crippen molar-refractivity contribution in [3.63, 3.8) is 0 Å². The molecule has 124 valence electrons. The standard InChI is InChI=1S/C12H12F3N5O2S/c1-22-9-5-3-2-4-8(9)20-11(17-18-19-20)23-6-10(21)16-7-12(13,14)15/h2-5H,6-7H2,1H3,(H,16,21). The molecular weight excluding hydrogens is 335 g/mol. The fourth-order valence-electron chi connectivity index (χ4n) is 1.60. The van der Waals surface area contributed by atoms with Crippen molar-refractivity contribution in [1.82, 2.24) is 25.5 Å². The van der Waals surface area contributed by atoms with Crippen molar-refractivity contribution < 1.29 is 22.7 Å². The van der Waals surface area contributed by atoms with Gasteiger partial charge in [-0.25, -0.2) is 0 Å². The molecule has 0 aliphatic carbocycles. The van der Waals surface area contributed by atoms with Gasteiger partial charge >= 0.3 is 6.18 Å². The first-order valence-corrected chi connectivity index (χ1v) is 7.27. The lowest BCUT2D eigenvalue weighted by Crippen LogP contribution is -2.34. The van der Waals surface area contributed by atoms with Gasteiger partial charge in [0.1, 0.15) is 18.0 Å². The van der Waals surface area contributed by atoms with Crippen LogP contribution in [0.1, 0.15) is 0 Å². The summed E-state index contributed by atoms with van der Waals surface area (Å²) in [6.07, 6.45) is -4.45. The summed E-state index contributed by atoms with van der Waals surface area (Å²) >= 11 is 0.918. The van der Waals surface area contributed by atoms with Gasteiger partial charge < -0.3 is 10.1 Å². The SMILES string of the molecule is COc1ccccc1-n1nnnc1SCC(=O)NCC(F)(F)F. The molecule has 1 amide bonds. The molecule has 0 aliphatic heterocycles. The quantitative estimate of drug-likeness (QED) is 0.797. The summed E-state index contributed by atoms with van der Waals surface area (Å²) in [5.74, 6) is -0.490. The lowest BCUT2D eigenvalue weighted by atomic mass is 10.3. The number of methoxy groups -OCH3 is 1. The number of halogens is 3. The number of rotatable bonds is 6. The predicted molar refractivity (Wildman–Crippen MR) is 75.5 cm³/mol. The van der Waals surface area contributed by atoms with E-state index in [4.69, 9.17) is 4.74 Å². The van der Waals surface area contributed by atoms with Crippen LogP contribution in [0.3, 0.4) is 0 Å². The number of tetrazole rings is 1. The Hall–Kier alpha value is -2.30. The highest BCUT2D eigenvalue weighted by molar-refractivity contribution is 7.99. The second-order valence-corrected chi connectivity index (χ2v) is 5.17. The third-order valence-corrected chi connectivity index (χ3v) is 3.49. The summed E-state index contributed by atoms with van der Waals surface area (Å²) in [4.78, 5) is 11.4. The Morgan fingerprint density at radius 2 is 2.13 bits per heavy atom. The number of carbonyl (C=O) groups is 1. The molecule has 2 rings (SSSR count). The van der Waals surface area contributed by atoms with E-state index < -0.39 is 18.6 Å². The summed E-state index contributed by atoms with van der Waals surface area (Å²) in [7, 11) is 1.49. The number of thioether (sulfide) groups is 1. The number of alkyl halides is 3. The molecule has 1 N–H and O–H groups in total. The van der Waals surface area contributed by atoms with Gasteiger partial charge in [-0.1, -0.05) is 23.9 Å². The third kappa shape index (κ3) is 4.84. The second kappa shape index (κ2) is 7.31. The Kier molecular flexibility index (Phi) is 5.42. The number of hydrogen-bond acceptors (Lipinski definition) is 6. The van der Waals surface area contributed by atoms with E-state index in [2.05, 4.69) is 15.5 Å². The van der Waals surface area contributed by atoms with E-state index in [0.29, 0.717) is 11.4 Å². The molecule has 1 aromatic carbocycles. The maximum Gasteiger partial charge on any atom is 0.405 e. The molecule has 1 aromatic heterocycles. The lowest BCUT2D eigenvalue weighted by molar-refractivity contribution is -0.136. The minimum Gasteiger partial charge on any atom is -0.494 e. The van der Waals surface area contributed by atoms with Crippen LogP contribution in [0.5, 0.6) is 5.75 Å². The topological polar surface area (TPSA) is 81.9 Å². The smallest absolute Gasteiger partial charge is 0.405 e. The van der Waals surface area contributed by atoms with Gasteiger partial charge in [0.25, 0.3) is 0 Å². The molecule has 11 heteroatoms. The number of benzene rings is 1. The molecule has 2 aromatic rings. The van der Waals surface area contributed by atoms with Gasteiger partial charge in [-0.2, -0.15) is 17.9 Å². The highest BCUT2D eigenvalue weighted by Crippen LogP contribution is 2.25. The molecule has 0 radical (unpaired) electrons. The number of carbonyl (C=O) groups excluding carboxylic acids is 1. The first-order chi connectivity index (χ1) is 10.9. The van der Waals surface area contributed by atoms with Gasteiger partial charge in [-0.3, -0.25) is 4.79 Å². The van der Waals surface area contributed by atoms with Crippen LogP contribution in [0.4, 0.5) is 13.2 Å². The first-order valence-electron chi connectivity index (χ1n) is 6.29. The number of aromatic nitrogens is 4. The van der Waals surface area contributed by atoms with Crippen molar-refractivity contribution in [2.24, 2.45) is 0 Å². The molecule has 0 saturated heterocycles. The maximum absolute atomic E-state index is 12.0. The lowest BCUT2D eigenvalue weighted by Gasteiger charge is -2.09. The Labute approximate surface area is 133 Å². The van der Waals surface area contributed by atoms with Crippen molar-refractivity contribution >= 4 is 17.7 Å². The molecule has 1 heterocycles. The zero-order chi connectivity index (χ0) is 16.9. The zero-order valence-electron chi connectivity index (χ0n) is 11.9. The van der Waals surface area contributed by atoms with Gasteiger partial charge in [-0.15, -0.1) is 5.10 Å². The number of amides is 1. The molecule has 0 saturated carbocycles. The molecule has 7 nitrogen and oxygen atoms in total. The van der Waals surface area contributed by atoms with E-state index in [9.17, 15) is 18.0 Å². The average molecular weight is 347 g/mol. The van der Waals surface area contributed by atoms with Crippen LogP contribution in [0.2, 0.25) is 0 Å². The molecule has 23 heavy (non-hydrogen) atoms. The van der Waals surface area contributed by atoms with Crippen LogP contribution in [0.15, 0.2) is 29.4 Å². The maximum atomic E-state index is 12.0.